The normalized spacial score (nSPS) is 11.8. The summed E-state index contributed by atoms with van der Waals surface area (Å²) >= 11 is 1.55. The molecule has 1 aromatic carbocycles. The molecule has 0 aliphatic heterocycles. The minimum atomic E-state index is -4.54. The molecule has 0 aliphatic carbocycles. The van der Waals surface area contributed by atoms with Crippen LogP contribution in [0.3, 0.4) is 0 Å². The van der Waals surface area contributed by atoms with E-state index < -0.39 is 18.6 Å². The highest BCUT2D eigenvalue weighted by Crippen LogP contribution is 2.33. The Morgan fingerprint density at radius 1 is 1.21 bits per heavy atom. The minimum Gasteiger partial charge on any atom is -0.382 e. The van der Waals surface area contributed by atoms with Gasteiger partial charge in [-0.2, -0.15) is 18.3 Å². The van der Waals surface area contributed by atoms with E-state index >= 15 is 0 Å². The molecule has 0 bridgehead atoms. The predicted molar refractivity (Wildman–Crippen MR) is 118 cm³/mol. The molecule has 4 aromatic heterocycles. The number of hydrogen-bond acceptors (Lipinski definition) is 7. The van der Waals surface area contributed by atoms with Crippen molar-refractivity contribution in [3.8, 4) is 11.1 Å². The maximum atomic E-state index is 12.6. The minimum absolute atomic E-state index is 0.00167. The van der Waals surface area contributed by atoms with Crippen molar-refractivity contribution in [2.24, 2.45) is 0 Å². The van der Waals surface area contributed by atoms with Crippen molar-refractivity contribution in [3.05, 3.63) is 53.1 Å². The van der Waals surface area contributed by atoms with Gasteiger partial charge in [0.15, 0.2) is 5.82 Å². The summed E-state index contributed by atoms with van der Waals surface area (Å²) in [5.74, 6) is -0.239. The number of nitrogens with zero attached hydrogens (tertiary/aromatic N) is 4. The Kier molecular flexibility index (Phi) is 4.89. The van der Waals surface area contributed by atoms with Crippen LogP contribution in [0.25, 0.3) is 27.7 Å². The molecule has 0 saturated heterocycles. The lowest BCUT2D eigenvalue weighted by Gasteiger charge is -2.10. The van der Waals surface area contributed by atoms with Crippen molar-refractivity contribution in [2.45, 2.75) is 6.18 Å². The summed E-state index contributed by atoms with van der Waals surface area (Å²) in [4.78, 5) is 24.1. The second-order valence-electron chi connectivity index (χ2n) is 7.11. The number of fused-ring (bicyclic) bond motifs is 2. The predicted octanol–water partition coefficient (Wildman–Crippen LogP) is 3.95. The smallest absolute Gasteiger partial charge is 0.382 e. The zero-order valence-electron chi connectivity index (χ0n) is 16.6. The quantitative estimate of drug-likeness (QED) is 0.307. The first-order valence-electron chi connectivity index (χ1n) is 9.54. The van der Waals surface area contributed by atoms with E-state index in [0.29, 0.717) is 22.6 Å². The summed E-state index contributed by atoms with van der Waals surface area (Å²) in [5, 5.41) is 13.0. The van der Waals surface area contributed by atoms with Gasteiger partial charge in [0.2, 0.25) is 5.95 Å². The Morgan fingerprint density at radius 3 is 2.73 bits per heavy atom. The Morgan fingerprint density at radius 2 is 2.00 bits per heavy atom. The summed E-state index contributed by atoms with van der Waals surface area (Å²) in [6, 6.07) is 6.95. The molecule has 9 nitrogen and oxygen atoms in total. The number of hydrogen-bond donors (Lipinski definition) is 4. The van der Waals surface area contributed by atoms with E-state index in [9.17, 15) is 18.0 Å². The van der Waals surface area contributed by atoms with Gasteiger partial charge in [0.25, 0.3) is 5.91 Å². The molecule has 0 saturated carbocycles. The highest BCUT2D eigenvalue weighted by Gasteiger charge is 2.29. The van der Waals surface area contributed by atoms with E-state index in [4.69, 9.17) is 5.73 Å². The molecule has 0 aliphatic rings. The number of amides is 1. The highest BCUT2D eigenvalue weighted by molar-refractivity contribution is 7.09. The van der Waals surface area contributed by atoms with Gasteiger partial charge in [0.05, 0.1) is 11.1 Å². The van der Waals surface area contributed by atoms with Gasteiger partial charge >= 0.3 is 6.18 Å². The number of anilines is 3. The Hall–Kier alpha value is -4.13. The van der Waals surface area contributed by atoms with E-state index in [1.54, 1.807) is 35.6 Å². The molecule has 4 heterocycles. The number of aromatic nitrogens is 5. The number of alkyl halides is 3. The monoisotopic (exact) mass is 472 g/mol. The first-order chi connectivity index (χ1) is 15.8. The molecule has 5 aromatic rings. The van der Waals surface area contributed by atoms with Gasteiger partial charge in [0, 0.05) is 28.2 Å². The van der Waals surface area contributed by atoms with Crippen LogP contribution < -0.4 is 16.4 Å². The zero-order valence-corrected chi connectivity index (χ0v) is 17.5. The second-order valence-corrected chi connectivity index (χ2v) is 7.86. The second kappa shape index (κ2) is 7.78. The molecule has 0 radical (unpaired) electrons. The van der Waals surface area contributed by atoms with Gasteiger partial charge in [-0.15, -0.1) is 11.3 Å². The third-order valence-electron chi connectivity index (χ3n) is 4.86. The maximum absolute atomic E-state index is 12.6. The third-order valence-corrected chi connectivity index (χ3v) is 5.59. The van der Waals surface area contributed by atoms with E-state index in [-0.39, 0.29) is 11.4 Å². The van der Waals surface area contributed by atoms with E-state index in [1.165, 1.54) is 17.0 Å². The SMILES string of the molecule is Nc1ncnn2cc(C(=O)NCC(F)(F)F)c(-c3ccc(Nc4nc5cscc5[nH]4)cc3)c12. The number of imidazole rings is 1. The van der Waals surface area contributed by atoms with Crippen LogP contribution in [0.15, 0.2) is 47.5 Å². The van der Waals surface area contributed by atoms with Gasteiger partial charge in [-0.05, 0) is 17.7 Å². The van der Waals surface area contributed by atoms with Crippen LogP contribution in [0.5, 0.6) is 0 Å². The standard InChI is InChI=1S/C20H15F3N8OS/c21-20(22,23)8-25-18(32)12-5-31-16(17(24)26-9-27-31)15(12)10-1-3-11(4-2-10)28-19-29-13-6-33-7-14(13)30-19/h1-7,9H,8H2,(H,25,32)(H2,24,26,27)(H2,28,29,30). The summed E-state index contributed by atoms with van der Waals surface area (Å²) in [6.07, 6.45) is -2.01. The number of benzene rings is 1. The number of rotatable bonds is 5. The average molecular weight is 472 g/mol. The maximum Gasteiger partial charge on any atom is 0.405 e. The van der Waals surface area contributed by atoms with E-state index in [0.717, 1.165) is 16.7 Å². The molecule has 168 valence electrons. The number of aromatic amines is 1. The molecule has 1 amide bonds. The average Bonchev–Trinajstić information content (AvgIpc) is 3.46. The van der Waals surface area contributed by atoms with Crippen molar-refractivity contribution in [2.75, 3.05) is 17.6 Å². The number of H-pyrrole nitrogens is 1. The molecule has 0 unspecified atom stereocenters. The zero-order chi connectivity index (χ0) is 23.2. The van der Waals surface area contributed by atoms with Crippen molar-refractivity contribution in [3.63, 3.8) is 0 Å². The molecular formula is C20H15F3N8OS. The Balaban J connectivity index is 1.50. The first kappa shape index (κ1) is 20.8. The number of halogens is 3. The van der Waals surface area contributed by atoms with Crippen LogP contribution in [-0.2, 0) is 0 Å². The first-order valence-corrected chi connectivity index (χ1v) is 10.5. The van der Waals surface area contributed by atoms with Crippen LogP contribution in [-0.4, -0.2) is 43.2 Å². The lowest BCUT2D eigenvalue weighted by Crippen LogP contribution is -2.33. The number of nitrogens with one attached hydrogen (secondary N) is 3. The van der Waals surface area contributed by atoms with Crippen molar-refractivity contribution >= 4 is 51.2 Å². The highest BCUT2D eigenvalue weighted by atomic mass is 32.1. The van der Waals surface area contributed by atoms with Crippen LogP contribution >= 0.6 is 11.3 Å². The van der Waals surface area contributed by atoms with Gasteiger partial charge in [0.1, 0.15) is 23.9 Å². The van der Waals surface area contributed by atoms with E-state index in [1.807, 2.05) is 16.1 Å². The third kappa shape index (κ3) is 4.05. The van der Waals surface area contributed by atoms with Crippen molar-refractivity contribution < 1.29 is 18.0 Å². The van der Waals surface area contributed by atoms with Gasteiger partial charge in [-0.25, -0.2) is 14.5 Å². The topological polar surface area (TPSA) is 126 Å². The molecule has 5 rings (SSSR count). The molecule has 13 heteroatoms. The van der Waals surface area contributed by atoms with Gasteiger partial charge < -0.3 is 21.4 Å². The number of thiophene rings is 1. The largest absolute Gasteiger partial charge is 0.405 e. The fraction of sp³-hybridized carbons (Fsp3) is 0.100. The van der Waals surface area contributed by atoms with Crippen LogP contribution in [0, 0.1) is 0 Å². The number of nitrogen functional groups attached to an aromatic ring is 1. The number of carbonyl (C=O) groups excluding carboxylic acids is 1. The number of carbonyl (C=O) groups is 1. The molecule has 0 atom stereocenters. The fourth-order valence-electron chi connectivity index (χ4n) is 3.44. The molecule has 33 heavy (non-hydrogen) atoms. The fourth-order valence-corrected chi connectivity index (χ4v) is 4.13. The van der Waals surface area contributed by atoms with Crippen molar-refractivity contribution in [1.29, 1.82) is 0 Å². The molecular weight excluding hydrogens is 457 g/mol. The van der Waals surface area contributed by atoms with E-state index in [2.05, 4.69) is 25.4 Å². The summed E-state index contributed by atoms with van der Waals surface area (Å²) in [5.41, 5.74) is 9.70. The lowest BCUT2D eigenvalue weighted by atomic mass is 10.0. The van der Waals surface area contributed by atoms with Crippen LogP contribution in [0.4, 0.5) is 30.6 Å². The molecule has 0 spiro atoms. The Labute approximate surface area is 187 Å². The van der Waals surface area contributed by atoms with Gasteiger partial charge in [-0.3, -0.25) is 4.79 Å². The molecule has 0 fully saturated rings. The summed E-state index contributed by atoms with van der Waals surface area (Å²) < 4.78 is 39.2. The van der Waals surface area contributed by atoms with Crippen molar-refractivity contribution in [1.82, 2.24) is 29.9 Å². The summed E-state index contributed by atoms with van der Waals surface area (Å²) in [6.45, 7) is -1.46. The molecule has 5 N–H and O–H groups in total. The summed E-state index contributed by atoms with van der Waals surface area (Å²) in [7, 11) is 0. The number of nitrogens with two attached hydrogens (primary N) is 1. The Bertz CT molecular complexity index is 1440. The van der Waals surface area contributed by atoms with Gasteiger partial charge in [-0.1, -0.05) is 12.1 Å². The van der Waals surface area contributed by atoms with Crippen LogP contribution in [0.2, 0.25) is 0 Å². The lowest BCUT2D eigenvalue weighted by molar-refractivity contribution is -0.123. The van der Waals surface area contributed by atoms with Crippen LogP contribution in [0.1, 0.15) is 10.4 Å².